The molecule has 1 nitrogen and oxygen atoms in total. The van der Waals surface area contributed by atoms with Crippen molar-refractivity contribution in [2.45, 2.75) is 11.5 Å². The van der Waals surface area contributed by atoms with Crippen LogP contribution in [0.25, 0.3) is 0 Å². The number of hydrogen-bond acceptors (Lipinski definition) is 1. The van der Waals surface area contributed by atoms with E-state index in [4.69, 9.17) is 11.6 Å². The maximum atomic E-state index is 11.9. The minimum atomic E-state index is -4.33. The van der Waals surface area contributed by atoms with Crippen molar-refractivity contribution >= 4 is 27.5 Å². The molecule has 0 amide bonds. The number of alkyl halides is 4. The van der Waals surface area contributed by atoms with Gasteiger partial charge in [0, 0.05) is 15.9 Å². The third-order valence-electron chi connectivity index (χ3n) is 1.56. The summed E-state index contributed by atoms with van der Waals surface area (Å²) in [5.41, 5.74) is 0.590. The standard InChI is InChI=1S/C9H7BrClF3O/c10-4-6-3-7(11)1-2-8(6)15-5-9(12,13)14/h1-3H,4-5H2. The second-order valence-corrected chi connectivity index (χ2v) is 3.79. The molecular weight excluding hydrogens is 296 g/mol. The average Bonchev–Trinajstić information content (AvgIpc) is 2.14. The monoisotopic (exact) mass is 302 g/mol. The molecule has 0 N–H and O–H groups in total. The Labute approximate surface area is 98.3 Å². The number of benzene rings is 1. The quantitative estimate of drug-likeness (QED) is 0.761. The molecule has 0 bridgehead atoms. The maximum absolute atomic E-state index is 11.9. The summed E-state index contributed by atoms with van der Waals surface area (Å²) in [5.74, 6) is 0.189. The molecule has 0 spiro atoms. The van der Waals surface area contributed by atoms with Crippen molar-refractivity contribution in [3.05, 3.63) is 28.8 Å². The van der Waals surface area contributed by atoms with Gasteiger partial charge in [-0.15, -0.1) is 0 Å². The zero-order chi connectivity index (χ0) is 11.5. The van der Waals surface area contributed by atoms with E-state index in [1.165, 1.54) is 12.1 Å². The SMILES string of the molecule is FC(F)(F)COc1ccc(Cl)cc1CBr. The maximum Gasteiger partial charge on any atom is 0.422 e. The molecule has 0 aromatic heterocycles. The summed E-state index contributed by atoms with van der Waals surface area (Å²) in [7, 11) is 0. The van der Waals surface area contributed by atoms with Gasteiger partial charge in [0.2, 0.25) is 0 Å². The fourth-order valence-electron chi connectivity index (χ4n) is 0.953. The summed E-state index contributed by atoms with van der Waals surface area (Å²) in [4.78, 5) is 0. The van der Waals surface area contributed by atoms with E-state index in [-0.39, 0.29) is 5.75 Å². The summed E-state index contributed by atoms with van der Waals surface area (Å²) in [6.45, 7) is -1.30. The third-order valence-corrected chi connectivity index (χ3v) is 2.40. The van der Waals surface area contributed by atoms with Crippen LogP contribution in [0, 0.1) is 0 Å². The van der Waals surface area contributed by atoms with Crippen molar-refractivity contribution < 1.29 is 17.9 Å². The van der Waals surface area contributed by atoms with Gasteiger partial charge in [-0.2, -0.15) is 13.2 Å². The molecular formula is C9H7BrClF3O. The zero-order valence-corrected chi connectivity index (χ0v) is 9.79. The van der Waals surface area contributed by atoms with Crippen molar-refractivity contribution in [2.24, 2.45) is 0 Å². The Kier molecular flexibility index (Phi) is 4.28. The number of hydrogen-bond donors (Lipinski definition) is 0. The molecule has 1 rings (SSSR count). The first-order chi connectivity index (χ1) is 6.92. The van der Waals surface area contributed by atoms with Gasteiger partial charge in [-0.25, -0.2) is 0 Å². The minimum absolute atomic E-state index is 0.189. The summed E-state index contributed by atoms with van der Waals surface area (Å²) in [6.07, 6.45) is -4.33. The van der Waals surface area contributed by atoms with E-state index in [0.29, 0.717) is 15.9 Å². The van der Waals surface area contributed by atoms with Gasteiger partial charge in [-0.3, -0.25) is 0 Å². The molecule has 0 saturated heterocycles. The predicted octanol–water partition coefficient (Wildman–Crippen LogP) is 4.18. The Hall–Kier alpha value is -0.420. The Bertz CT molecular complexity index is 341. The van der Waals surface area contributed by atoms with Crippen LogP contribution in [0.1, 0.15) is 5.56 Å². The van der Waals surface area contributed by atoms with Crippen molar-refractivity contribution in [3.63, 3.8) is 0 Å². The smallest absolute Gasteiger partial charge is 0.422 e. The molecule has 0 saturated carbocycles. The molecule has 0 fully saturated rings. The van der Waals surface area contributed by atoms with Crippen LogP contribution in [0.15, 0.2) is 18.2 Å². The van der Waals surface area contributed by atoms with Crippen LogP contribution in [-0.2, 0) is 5.33 Å². The molecule has 6 heteroatoms. The Balaban J connectivity index is 2.76. The highest BCUT2D eigenvalue weighted by Crippen LogP contribution is 2.26. The van der Waals surface area contributed by atoms with Gasteiger partial charge in [0.1, 0.15) is 5.75 Å². The van der Waals surface area contributed by atoms with Crippen LogP contribution < -0.4 is 4.74 Å². The van der Waals surface area contributed by atoms with Crippen LogP contribution in [-0.4, -0.2) is 12.8 Å². The predicted molar refractivity (Wildman–Crippen MR) is 55.6 cm³/mol. The normalized spacial score (nSPS) is 11.5. The van der Waals surface area contributed by atoms with Gasteiger partial charge in [0.05, 0.1) is 0 Å². The largest absolute Gasteiger partial charge is 0.484 e. The zero-order valence-electron chi connectivity index (χ0n) is 7.44. The van der Waals surface area contributed by atoms with E-state index in [9.17, 15) is 13.2 Å². The van der Waals surface area contributed by atoms with E-state index in [1.807, 2.05) is 0 Å². The second-order valence-electron chi connectivity index (χ2n) is 2.79. The Morgan fingerprint density at radius 2 is 2.00 bits per heavy atom. The third kappa shape index (κ3) is 4.30. The van der Waals surface area contributed by atoms with Crippen LogP contribution in [0.3, 0.4) is 0 Å². The van der Waals surface area contributed by atoms with Crippen LogP contribution in [0.4, 0.5) is 13.2 Å². The van der Waals surface area contributed by atoms with E-state index in [1.54, 1.807) is 6.07 Å². The van der Waals surface area contributed by atoms with Crippen molar-refractivity contribution in [1.82, 2.24) is 0 Å². The van der Waals surface area contributed by atoms with Gasteiger partial charge in [0.15, 0.2) is 6.61 Å². The van der Waals surface area contributed by atoms with Crippen LogP contribution in [0.5, 0.6) is 5.75 Å². The van der Waals surface area contributed by atoms with Gasteiger partial charge in [0.25, 0.3) is 0 Å². The van der Waals surface area contributed by atoms with Gasteiger partial charge < -0.3 is 4.74 Å². The molecule has 0 radical (unpaired) electrons. The van der Waals surface area contributed by atoms with Gasteiger partial charge in [-0.1, -0.05) is 27.5 Å². The van der Waals surface area contributed by atoms with E-state index < -0.39 is 12.8 Å². The number of rotatable bonds is 3. The molecule has 0 aliphatic rings. The lowest BCUT2D eigenvalue weighted by molar-refractivity contribution is -0.153. The molecule has 0 atom stereocenters. The van der Waals surface area contributed by atoms with Crippen LogP contribution >= 0.6 is 27.5 Å². The average molecular weight is 304 g/mol. The second kappa shape index (κ2) is 5.07. The topological polar surface area (TPSA) is 9.23 Å². The van der Waals surface area contributed by atoms with E-state index >= 15 is 0 Å². The lowest BCUT2D eigenvalue weighted by Gasteiger charge is -2.12. The lowest BCUT2D eigenvalue weighted by Crippen LogP contribution is -2.19. The Morgan fingerprint density at radius 1 is 1.33 bits per heavy atom. The lowest BCUT2D eigenvalue weighted by atomic mass is 10.2. The first-order valence-electron chi connectivity index (χ1n) is 3.96. The fourth-order valence-corrected chi connectivity index (χ4v) is 1.59. The summed E-state index contributed by atoms with van der Waals surface area (Å²) in [5, 5.41) is 0.851. The van der Waals surface area contributed by atoms with Crippen molar-refractivity contribution in [2.75, 3.05) is 6.61 Å². The molecule has 84 valence electrons. The fraction of sp³-hybridized carbons (Fsp3) is 0.333. The highest BCUT2D eigenvalue weighted by Gasteiger charge is 2.28. The summed E-state index contributed by atoms with van der Waals surface area (Å²) in [6, 6.07) is 4.46. The van der Waals surface area contributed by atoms with E-state index in [2.05, 4.69) is 20.7 Å². The summed E-state index contributed by atoms with van der Waals surface area (Å²) >= 11 is 8.83. The highest BCUT2D eigenvalue weighted by molar-refractivity contribution is 9.08. The minimum Gasteiger partial charge on any atom is -0.484 e. The molecule has 0 aliphatic heterocycles. The molecule has 1 aromatic carbocycles. The van der Waals surface area contributed by atoms with Crippen LogP contribution in [0.2, 0.25) is 5.02 Å². The van der Waals surface area contributed by atoms with Gasteiger partial charge >= 0.3 is 6.18 Å². The first kappa shape index (κ1) is 12.6. The first-order valence-corrected chi connectivity index (χ1v) is 5.46. The highest BCUT2D eigenvalue weighted by atomic mass is 79.9. The van der Waals surface area contributed by atoms with E-state index in [0.717, 1.165) is 0 Å². The van der Waals surface area contributed by atoms with Gasteiger partial charge in [-0.05, 0) is 18.2 Å². The number of halogens is 5. The molecule has 15 heavy (non-hydrogen) atoms. The molecule has 0 heterocycles. The number of ether oxygens (including phenoxy) is 1. The summed E-state index contributed by atoms with van der Waals surface area (Å²) < 4.78 is 40.3. The molecule has 1 aromatic rings. The van der Waals surface area contributed by atoms with Crippen molar-refractivity contribution in [1.29, 1.82) is 0 Å². The van der Waals surface area contributed by atoms with Crippen molar-refractivity contribution in [3.8, 4) is 5.75 Å². The molecule has 0 unspecified atom stereocenters. The Morgan fingerprint density at radius 3 is 2.53 bits per heavy atom. The molecule has 0 aliphatic carbocycles.